The third-order valence-electron chi connectivity index (χ3n) is 4.68. The molecule has 0 unspecified atom stereocenters. The van der Waals surface area contributed by atoms with Crippen molar-refractivity contribution in [1.29, 1.82) is 0 Å². The Morgan fingerprint density at radius 1 is 1.07 bits per heavy atom. The van der Waals surface area contributed by atoms with Crippen molar-refractivity contribution in [3.63, 3.8) is 0 Å². The van der Waals surface area contributed by atoms with Crippen LogP contribution in [0.1, 0.15) is 23.0 Å². The molecule has 0 aliphatic carbocycles. The van der Waals surface area contributed by atoms with E-state index in [2.05, 4.69) is 16.8 Å². The van der Waals surface area contributed by atoms with Gasteiger partial charge in [-0.1, -0.05) is 23.7 Å². The molecule has 0 aliphatic heterocycles. The van der Waals surface area contributed by atoms with Crippen LogP contribution in [0, 0.1) is 0 Å². The molecule has 0 fully saturated rings. The summed E-state index contributed by atoms with van der Waals surface area (Å²) in [5, 5.41) is 0.652. The quantitative estimate of drug-likeness (QED) is 0.407. The molecule has 2 aromatic carbocycles. The topological polar surface area (TPSA) is 85.2 Å². The number of nitrogens with two attached hydrogens (primary N) is 2. The van der Waals surface area contributed by atoms with Crippen molar-refractivity contribution in [3.8, 4) is 11.1 Å². The number of hydrogen-bond acceptors (Lipinski definition) is 5. The fourth-order valence-electron chi connectivity index (χ4n) is 3.21. The number of anilines is 3. The minimum Gasteiger partial charge on any atom is -0.398 e. The monoisotopic (exact) mass is 428 g/mol. The van der Waals surface area contributed by atoms with Crippen LogP contribution in [-0.4, -0.2) is 23.2 Å². The minimum atomic E-state index is -0.100. The molecule has 1 heterocycles. The number of nitrogen functional groups attached to an aromatic ring is 2. The number of pyridine rings is 1. The number of aromatic nitrogens is 1. The van der Waals surface area contributed by atoms with Gasteiger partial charge in [0.15, 0.2) is 5.78 Å². The highest BCUT2D eigenvalue weighted by Crippen LogP contribution is 2.32. The Hall–Kier alpha value is -2.76. The van der Waals surface area contributed by atoms with E-state index in [1.165, 1.54) is 0 Å². The third kappa shape index (κ3) is 4.81. The van der Waals surface area contributed by atoms with Gasteiger partial charge in [0.1, 0.15) is 5.82 Å². The molecule has 0 saturated heterocycles. The standard InChI is InChI=1S/C22H22Cl2N4O/c1-2-28(17-9-5-14(6-10-17)20(29)12-23)13-19-22(18(25)11-21(26)27-19)15-3-7-16(24)8-4-15/h3-11H,2,12-13H2,1H3,(H4,25,26,27). The molecule has 0 atom stereocenters. The lowest BCUT2D eigenvalue weighted by molar-refractivity contribution is 0.102. The molecular weight excluding hydrogens is 407 g/mol. The zero-order chi connectivity index (χ0) is 21.0. The van der Waals surface area contributed by atoms with Gasteiger partial charge in [-0.3, -0.25) is 4.79 Å². The second-order valence-electron chi connectivity index (χ2n) is 6.58. The van der Waals surface area contributed by atoms with Gasteiger partial charge in [0.25, 0.3) is 0 Å². The van der Waals surface area contributed by atoms with Gasteiger partial charge in [-0.2, -0.15) is 0 Å². The Balaban J connectivity index is 1.97. The van der Waals surface area contributed by atoms with Gasteiger partial charge < -0.3 is 16.4 Å². The number of Topliss-reactive ketones (excluding diaryl/α,β-unsaturated/α-hetero) is 1. The van der Waals surface area contributed by atoms with Crippen molar-refractivity contribution in [1.82, 2.24) is 4.98 Å². The predicted molar refractivity (Wildman–Crippen MR) is 122 cm³/mol. The molecular formula is C22H22Cl2N4O. The van der Waals surface area contributed by atoms with E-state index in [9.17, 15) is 4.79 Å². The van der Waals surface area contributed by atoms with Gasteiger partial charge in [0.05, 0.1) is 18.1 Å². The number of benzene rings is 2. The van der Waals surface area contributed by atoms with Gasteiger partial charge in [-0.05, 0) is 48.9 Å². The fraction of sp³-hybridized carbons (Fsp3) is 0.182. The second-order valence-corrected chi connectivity index (χ2v) is 7.29. The maximum absolute atomic E-state index is 11.8. The van der Waals surface area contributed by atoms with Crippen LogP contribution in [0.4, 0.5) is 17.2 Å². The van der Waals surface area contributed by atoms with E-state index < -0.39 is 0 Å². The predicted octanol–water partition coefficient (Wildman–Crippen LogP) is 5.01. The highest BCUT2D eigenvalue weighted by Gasteiger charge is 2.16. The van der Waals surface area contributed by atoms with Crippen molar-refractivity contribution in [2.45, 2.75) is 13.5 Å². The van der Waals surface area contributed by atoms with Crippen LogP contribution in [0.2, 0.25) is 5.02 Å². The van der Waals surface area contributed by atoms with Crippen molar-refractivity contribution in [2.24, 2.45) is 0 Å². The first-order valence-electron chi connectivity index (χ1n) is 9.18. The second kappa shape index (κ2) is 9.16. The zero-order valence-corrected chi connectivity index (χ0v) is 17.5. The van der Waals surface area contributed by atoms with E-state index in [4.69, 9.17) is 34.7 Å². The van der Waals surface area contributed by atoms with E-state index in [1.807, 2.05) is 36.4 Å². The first-order valence-corrected chi connectivity index (χ1v) is 10.1. The Morgan fingerprint density at radius 2 is 1.72 bits per heavy atom. The molecule has 0 spiro atoms. The number of halogens is 2. The molecule has 0 radical (unpaired) electrons. The lowest BCUT2D eigenvalue weighted by Gasteiger charge is -2.25. The molecule has 3 rings (SSSR count). The highest BCUT2D eigenvalue weighted by molar-refractivity contribution is 6.30. The Labute approximate surface area is 180 Å². The minimum absolute atomic E-state index is 0.0339. The summed E-state index contributed by atoms with van der Waals surface area (Å²) < 4.78 is 0. The molecule has 3 aromatic rings. The van der Waals surface area contributed by atoms with Crippen molar-refractivity contribution in [3.05, 3.63) is 70.9 Å². The summed E-state index contributed by atoms with van der Waals surface area (Å²) in [6, 6.07) is 16.5. The number of carbonyl (C=O) groups excluding carboxylic acids is 1. The van der Waals surface area contributed by atoms with Gasteiger partial charge in [-0.15, -0.1) is 11.6 Å². The highest BCUT2D eigenvalue weighted by atomic mass is 35.5. The van der Waals surface area contributed by atoms with Crippen molar-refractivity contribution >= 4 is 46.2 Å². The number of nitrogens with zero attached hydrogens (tertiary/aromatic N) is 2. The summed E-state index contributed by atoms with van der Waals surface area (Å²) in [5.41, 5.74) is 16.9. The number of alkyl halides is 1. The number of rotatable bonds is 7. The van der Waals surface area contributed by atoms with Crippen LogP contribution in [0.3, 0.4) is 0 Å². The first-order chi connectivity index (χ1) is 13.9. The average Bonchev–Trinajstić information content (AvgIpc) is 2.72. The van der Waals surface area contributed by atoms with E-state index in [0.29, 0.717) is 28.6 Å². The number of carbonyl (C=O) groups is 1. The third-order valence-corrected chi connectivity index (χ3v) is 5.17. The number of hydrogen-bond donors (Lipinski definition) is 2. The molecule has 7 heteroatoms. The molecule has 0 saturated carbocycles. The first kappa shape index (κ1) is 21.0. The average molecular weight is 429 g/mol. The lowest BCUT2D eigenvalue weighted by Crippen LogP contribution is -2.23. The molecule has 150 valence electrons. The summed E-state index contributed by atoms with van der Waals surface area (Å²) >= 11 is 11.7. The molecule has 5 nitrogen and oxygen atoms in total. The normalized spacial score (nSPS) is 10.7. The van der Waals surface area contributed by atoms with Gasteiger partial charge in [0, 0.05) is 40.1 Å². The van der Waals surface area contributed by atoms with Gasteiger partial charge in [-0.25, -0.2) is 4.98 Å². The summed E-state index contributed by atoms with van der Waals surface area (Å²) in [6.07, 6.45) is 0. The summed E-state index contributed by atoms with van der Waals surface area (Å²) in [6.45, 7) is 3.29. The van der Waals surface area contributed by atoms with E-state index in [0.717, 1.165) is 29.1 Å². The Kier molecular flexibility index (Phi) is 6.62. The van der Waals surface area contributed by atoms with Crippen LogP contribution < -0.4 is 16.4 Å². The Morgan fingerprint density at radius 3 is 2.31 bits per heavy atom. The molecule has 4 N–H and O–H groups in total. The van der Waals surface area contributed by atoms with Crippen molar-refractivity contribution in [2.75, 3.05) is 28.8 Å². The lowest BCUT2D eigenvalue weighted by atomic mass is 10.0. The van der Waals surface area contributed by atoms with Crippen LogP contribution >= 0.6 is 23.2 Å². The summed E-state index contributed by atoms with van der Waals surface area (Å²) in [7, 11) is 0. The SMILES string of the molecule is CCN(Cc1nc(N)cc(N)c1-c1ccc(Cl)cc1)c1ccc(C(=O)CCl)cc1. The molecule has 1 aromatic heterocycles. The van der Waals surface area contributed by atoms with E-state index in [1.54, 1.807) is 18.2 Å². The molecule has 0 amide bonds. The maximum Gasteiger partial charge on any atom is 0.177 e. The zero-order valence-electron chi connectivity index (χ0n) is 16.0. The van der Waals surface area contributed by atoms with Crippen LogP contribution in [-0.2, 0) is 6.54 Å². The molecule has 0 bridgehead atoms. The van der Waals surface area contributed by atoms with Gasteiger partial charge >= 0.3 is 0 Å². The van der Waals surface area contributed by atoms with Crippen LogP contribution in [0.5, 0.6) is 0 Å². The summed E-state index contributed by atoms with van der Waals surface area (Å²) in [5.74, 6) is 0.235. The Bertz CT molecular complexity index is 1000. The fourth-order valence-corrected chi connectivity index (χ4v) is 3.49. The summed E-state index contributed by atoms with van der Waals surface area (Å²) in [4.78, 5) is 18.5. The van der Waals surface area contributed by atoms with Crippen LogP contribution in [0.15, 0.2) is 54.6 Å². The van der Waals surface area contributed by atoms with E-state index >= 15 is 0 Å². The maximum atomic E-state index is 11.8. The van der Waals surface area contributed by atoms with Gasteiger partial charge in [0.2, 0.25) is 0 Å². The number of ketones is 1. The smallest absolute Gasteiger partial charge is 0.177 e. The van der Waals surface area contributed by atoms with E-state index in [-0.39, 0.29) is 11.7 Å². The molecule has 29 heavy (non-hydrogen) atoms. The molecule has 0 aliphatic rings. The van der Waals surface area contributed by atoms with Crippen LogP contribution in [0.25, 0.3) is 11.1 Å². The largest absolute Gasteiger partial charge is 0.398 e. The van der Waals surface area contributed by atoms with Crippen molar-refractivity contribution < 1.29 is 4.79 Å².